The first-order valence-electron chi connectivity index (χ1n) is 4.88. The van der Waals surface area contributed by atoms with E-state index in [-0.39, 0.29) is 16.5 Å². The Bertz CT molecular complexity index is 424. The molecule has 2 nitrogen and oxygen atoms in total. The van der Waals surface area contributed by atoms with Crippen molar-refractivity contribution in [3.8, 4) is 5.75 Å². The van der Waals surface area contributed by atoms with Crippen molar-refractivity contribution in [3.63, 3.8) is 0 Å². The van der Waals surface area contributed by atoms with E-state index in [1.54, 1.807) is 13.8 Å². The fourth-order valence-corrected chi connectivity index (χ4v) is 1.89. The van der Waals surface area contributed by atoms with Gasteiger partial charge in [0.2, 0.25) is 0 Å². The highest BCUT2D eigenvalue weighted by Gasteiger charge is 2.35. The molecule has 1 aromatic rings. The number of benzene rings is 1. The first kappa shape index (κ1) is 14.3. The number of alkyl halides is 3. The molecule has 0 saturated heterocycles. The summed E-state index contributed by atoms with van der Waals surface area (Å²) in [6.07, 6.45) is -4.43. The van der Waals surface area contributed by atoms with Crippen LogP contribution >= 0.6 is 15.9 Å². The molecule has 96 valence electrons. The van der Waals surface area contributed by atoms with Gasteiger partial charge in [-0.15, -0.1) is 0 Å². The van der Waals surface area contributed by atoms with Crippen LogP contribution in [0.3, 0.4) is 0 Å². The molecule has 0 spiro atoms. The quantitative estimate of drug-likeness (QED) is 0.878. The average molecular weight is 312 g/mol. The summed E-state index contributed by atoms with van der Waals surface area (Å²) in [7, 11) is 0. The molecule has 17 heavy (non-hydrogen) atoms. The molecule has 0 saturated carbocycles. The van der Waals surface area contributed by atoms with E-state index in [9.17, 15) is 18.3 Å². The third-order valence-corrected chi connectivity index (χ3v) is 2.76. The van der Waals surface area contributed by atoms with Gasteiger partial charge in [0, 0.05) is 5.54 Å². The van der Waals surface area contributed by atoms with Crippen LogP contribution in [0.1, 0.15) is 25.0 Å². The van der Waals surface area contributed by atoms with Crippen LogP contribution in [-0.2, 0) is 12.6 Å². The molecule has 0 aliphatic rings. The third kappa shape index (κ3) is 3.89. The van der Waals surface area contributed by atoms with Crippen LogP contribution in [-0.4, -0.2) is 10.6 Å². The maximum Gasteiger partial charge on any atom is 0.416 e. The molecule has 6 heteroatoms. The lowest BCUT2D eigenvalue weighted by molar-refractivity contribution is -0.138. The molecule has 0 bridgehead atoms. The van der Waals surface area contributed by atoms with Crippen LogP contribution in [0, 0.1) is 0 Å². The van der Waals surface area contributed by atoms with Gasteiger partial charge in [0.05, 0.1) is 10.0 Å². The summed E-state index contributed by atoms with van der Waals surface area (Å²) >= 11 is 3.00. The van der Waals surface area contributed by atoms with Crippen LogP contribution in [0.25, 0.3) is 0 Å². The van der Waals surface area contributed by atoms with E-state index < -0.39 is 23.0 Å². The van der Waals surface area contributed by atoms with Crippen molar-refractivity contribution < 1.29 is 18.3 Å². The van der Waals surface area contributed by atoms with Gasteiger partial charge in [-0.25, -0.2) is 0 Å². The first-order valence-corrected chi connectivity index (χ1v) is 5.67. The monoisotopic (exact) mass is 311 g/mol. The lowest BCUT2D eigenvalue weighted by Gasteiger charge is -2.22. The number of phenolic OH excluding ortho intramolecular Hbond substituents is 1. The summed E-state index contributed by atoms with van der Waals surface area (Å²) < 4.78 is 38.5. The Morgan fingerprint density at radius 3 is 2.24 bits per heavy atom. The molecule has 3 N–H and O–H groups in total. The molecule has 0 atom stereocenters. The van der Waals surface area contributed by atoms with Gasteiger partial charge >= 0.3 is 6.18 Å². The van der Waals surface area contributed by atoms with Gasteiger partial charge in [0.15, 0.2) is 0 Å². The topological polar surface area (TPSA) is 46.2 Å². The van der Waals surface area contributed by atoms with Crippen molar-refractivity contribution >= 4 is 15.9 Å². The van der Waals surface area contributed by atoms with Crippen molar-refractivity contribution in [1.29, 1.82) is 0 Å². The molecule has 0 aliphatic carbocycles. The molecule has 1 rings (SSSR count). The van der Waals surface area contributed by atoms with Crippen LogP contribution in [0.5, 0.6) is 5.75 Å². The van der Waals surface area contributed by atoms with Gasteiger partial charge in [-0.2, -0.15) is 13.2 Å². The molecule has 0 radical (unpaired) electrons. The smallest absolute Gasteiger partial charge is 0.416 e. The summed E-state index contributed by atoms with van der Waals surface area (Å²) in [5, 5.41) is 9.31. The highest BCUT2D eigenvalue weighted by Crippen LogP contribution is 2.38. The van der Waals surface area contributed by atoms with E-state index in [0.29, 0.717) is 6.07 Å². The Hall–Kier alpha value is -0.750. The number of aromatic hydroxyl groups is 1. The Morgan fingerprint density at radius 1 is 1.29 bits per heavy atom. The zero-order valence-corrected chi connectivity index (χ0v) is 11.0. The molecule has 0 aliphatic heterocycles. The number of hydrogen-bond donors (Lipinski definition) is 2. The molecular weight excluding hydrogens is 299 g/mol. The minimum absolute atomic E-state index is 0.0645. The summed E-state index contributed by atoms with van der Waals surface area (Å²) in [6.45, 7) is 3.29. The minimum Gasteiger partial charge on any atom is -0.507 e. The van der Waals surface area contributed by atoms with Crippen molar-refractivity contribution in [2.24, 2.45) is 5.73 Å². The maximum absolute atomic E-state index is 12.8. The second kappa shape index (κ2) is 4.49. The summed E-state index contributed by atoms with van der Waals surface area (Å²) in [5.74, 6) is -0.434. The average Bonchev–Trinajstić information content (AvgIpc) is 2.06. The van der Waals surface area contributed by atoms with Gasteiger partial charge in [-0.3, -0.25) is 0 Å². The molecule has 1 aromatic carbocycles. The van der Waals surface area contributed by atoms with Crippen molar-refractivity contribution in [3.05, 3.63) is 27.7 Å². The predicted octanol–water partition coefficient (Wildman–Crippen LogP) is 3.45. The van der Waals surface area contributed by atoms with E-state index in [4.69, 9.17) is 5.73 Å². The minimum atomic E-state index is -4.50. The molecule has 0 unspecified atom stereocenters. The Labute approximate surface area is 106 Å². The third-order valence-electron chi connectivity index (χ3n) is 2.12. The maximum atomic E-state index is 12.8. The van der Waals surface area contributed by atoms with Gasteiger partial charge in [0.25, 0.3) is 0 Å². The highest BCUT2D eigenvalue weighted by atomic mass is 79.9. The number of halogens is 4. The number of hydrogen-bond acceptors (Lipinski definition) is 2. The fourth-order valence-electron chi connectivity index (χ4n) is 1.50. The Balaban J connectivity index is 3.32. The standard InChI is InChI=1S/C11H13BrF3NO/c1-10(2,16)5-6-3-8(12)9(17)4-7(6)11(13,14)15/h3-4,17H,5,16H2,1-2H3. The fraction of sp³-hybridized carbons (Fsp3) is 0.455. The van der Waals surface area contributed by atoms with Crippen LogP contribution < -0.4 is 5.73 Å². The first-order chi connectivity index (χ1) is 7.50. The van der Waals surface area contributed by atoms with E-state index in [1.165, 1.54) is 6.07 Å². The molecule has 0 aromatic heterocycles. The van der Waals surface area contributed by atoms with E-state index in [0.717, 1.165) is 0 Å². The van der Waals surface area contributed by atoms with Gasteiger partial charge < -0.3 is 10.8 Å². The largest absolute Gasteiger partial charge is 0.507 e. The van der Waals surface area contributed by atoms with Crippen LogP contribution in [0.15, 0.2) is 16.6 Å². The SMILES string of the molecule is CC(C)(N)Cc1cc(Br)c(O)cc1C(F)(F)F. The number of nitrogens with two attached hydrogens (primary N) is 1. The zero-order chi connectivity index (χ0) is 13.4. The molecular formula is C11H13BrF3NO. The van der Waals surface area contributed by atoms with Crippen LogP contribution in [0.2, 0.25) is 0 Å². The second-order valence-corrected chi connectivity index (χ2v) is 5.48. The number of rotatable bonds is 2. The van der Waals surface area contributed by atoms with Crippen LogP contribution in [0.4, 0.5) is 13.2 Å². The molecule has 0 fully saturated rings. The van der Waals surface area contributed by atoms with Crippen molar-refractivity contribution in [1.82, 2.24) is 0 Å². The van der Waals surface area contributed by atoms with E-state index in [2.05, 4.69) is 15.9 Å². The zero-order valence-electron chi connectivity index (χ0n) is 9.40. The molecule has 0 heterocycles. The Kier molecular flexibility index (Phi) is 3.78. The summed E-state index contributed by atoms with van der Waals surface area (Å²) in [5.41, 5.74) is 4.18. The lowest BCUT2D eigenvalue weighted by Crippen LogP contribution is -2.35. The van der Waals surface area contributed by atoms with Gasteiger partial charge in [0.1, 0.15) is 5.75 Å². The van der Waals surface area contributed by atoms with E-state index >= 15 is 0 Å². The van der Waals surface area contributed by atoms with Gasteiger partial charge in [-0.1, -0.05) is 0 Å². The summed E-state index contributed by atoms with van der Waals surface area (Å²) in [6, 6.07) is 1.97. The Morgan fingerprint density at radius 2 is 1.82 bits per heavy atom. The van der Waals surface area contributed by atoms with Crippen molar-refractivity contribution in [2.45, 2.75) is 32.0 Å². The van der Waals surface area contributed by atoms with Crippen molar-refractivity contribution in [2.75, 3.05) is 0 Å². The summed E-state index contributed by atoms with van der Waals surface area (Å²) in [4.78, 5) is 0. The highest BCUT2D eigenvalue weighted by molar-refractivity contribution is 9.10. The normalized spacial score (nSPS) is 12.9. The lowest BCUT2D eigenvalue weighted by atomic mass is 9.92. The van der Waals surface area contributed by atoms with E-state index in [1.807, 2.05) is 0 Å². The second-order valence-electron chi connectivity index (χ2n) is 4.62. The number of phenols is 1. The van der Waals surface area contributed by atoms with Gasteiger partial charge in [-0.05, 0) is 53.9 Å². The molecule has 0 amide bonds. The predicted molar refractivity (Wildman–Crippen MR) is 62.8 cm³/mol.